The van der Waals surface area contributed by atoms with Crippen molar-refractivity contribution in [3.63, 3.8) is 0 Å². The van der Waals surface area contributed by atoms with Gasteiger partial charge in [-0.3, -0.25) is 0 Å². The van der Waals surface area contributed by atoms with Gasteiger partial charge in [0, 0.05) is 6.42 Å². The molecule has 0 atom stereocenters. The fraction of sp³-hybridized carbons (Fsp3) is 0.333. The Labute approximate surface area is 132 Å². The molecule has 0 radical (unpaired) electrons. The van der Waals surface area contributed by atoms with Crippen LogP contribution in [-0.4, -0.2) is 19.2 Å². The second-order valence-electron chi connectivity index (χ2n) is 5.34. The summed E-state index contributed by atoms with van der Waals surface area (Å²) in [6.07, 6.45) is 3.48. The third-order valence-corrected chi connectivity index (χ3v) is 3.79. The Morgan fingerprint density at radius 3 is 2.33 bits per heavy atom. The van der Waals surface area contributed by atoms with E-state index >= 15 is 0 Å². The van der Waals surface area contributed by atoms with Crippen molar-refractivity contribution >= 4 is 12.4 Å². The second-order valence-corrected chi connectivity index (χ2v) is 5.34. The molecule has 2 nitrogen and oxygen atoms in total. The van der Waals surface area contributed by atoms with Crippen LogP contribution in [0.1, 0.15) is 24.0 Å². The van der Waals surface area contributed by atoms with E-state index in [0.29, 0.717) is 6.10 Å². The van der Waals surface area contributed by atoms with Gasteiger partial charge in [-0.25, -0.2) is 0 Å². The Morgan fingerprint density at radius 1 is 0.905 bits per heavy atom. The van der Waals surface area contributed by atoms with Crippen molar-refractivity contribution in [2.24, 2.45) is 0 Å². The molecule has 21 heavy (non-hydrogen) atoms. The zero-order valence-corrected chi connectivity index (χ0v) is 12.9. The number of rotatable bonds is 4. The van der Waals surface area contributed by atoms with E-state index in [0.717, 1.165) is 38.1 Å². The van der Waals surface area contributed by atoms with Crippen molar-refractivity contribution in [1.29, 1.82) is 0 Å². The quantitative estimate of drug-likeness (QED) is 0.927. The van der Waals surface area contributed by atoms with Crippen LogP contribution in [0, 0.1) is 0 Å². The summed E-state index contributed by atoms with van der Waals surface area (Å²) in [6.45, 7) is 2.12. The highest BCUT2D eigenvalue weighted by molar-refractivity contribution is 5.85. The van der Waals surface area contributed by atoms with Crippen LogP contribution in [0.25, 0.3) is 0 Å². The molecular weight excluding hydrogens is 282 g/mol. The molecule has 1 aliphatic heterocycles. The lowest BCUT2D eigenvalue weighted by molar-refractivity contribution is 0.161. The molecule has 1 heterocycles. The molecule has 2 aromatic carbocycles. The Balaban J connectivity index is 0.00000161. The first kappa shape index (κ1) is 15.9. The fourth-order valence-electron chi connectivity index (χ4n) is 2.67. The molecule has 0 saturated carbocycles. The fourth-order valence-corrected chi connectivity index (χ4v) is 2.67. The first-order chi connectivity index (χ1) is 9.92. The van der Waals surface area contributed by atoms with Gasteiger partial charge in [0.15, 0.2) is 0 Å². The third-order valence-electron chi connectivity index (χ3n) is 3.79. The van der Waals surface area contributed by atoms with Crippen LogP contribution >= 0.6 is 12.4 Å². The van der Waals surface area contributed by atoms with E-state index in [-0.39, 0.29) is 12.4 Å². The average Bonchev–Trinajstić information content (AvgIpc) is 2.51. The lowest BCUT2D eigenvalue weighted by Gasteiger charge is -2.25. The van der Waals surface area contributed by atoms with Gasteiger partial charge in [-0.1, -0.05) is 48.5 Å². The van der Waals surface area contributed by atoms with E-state index in [1.165, 1.54) is 11.1 Å². The number of halogens is 1. The Bertz CT molecular complexity index is 538. The van der Waals surface area contributed by atoms with Gasteiger partial charge in [-0.15, -0.1) is 12.4 Å². The first-order valence-electron chi connectivity index (χ1n) is 7.41. The van der Waals surface area contributed by atoms with Gasteiger partial charge in [-0.05, 0) is 43.1 Å². The van der Waals surface area contributed by atoms with Gasteiger partial charge in [0.25, 0.3) is 0 Å². The molecule has 0 amide bonds. The number of para-hydroxylation sites is 1. The maximum atomic E-state index is 6.22. The van der Waals surface area contributed by atoms with Gasteiger partial charge < -0.3 is 10.1 Å². The minimum atomic E-state index is 0. The van der Waals surface area contributed by atoms with Gasteiger partial charge in [0.2, 0.25) is 0 Å². The number of hydrogen-bond donors (Lipinski definition) is 1. The number of nitrogens with one attached hydrogen (secondary N) is 1. The van der Waals surface area contributed by atoms with E-state index in [1.54, 1.807) is 0 Å². The van der Waals surface area contributed by atoms with Crippen LogP contribution in [0.4, 0.5) is 0 Å². The number of benzene rings is 2. The van der Waals surface area contributed by atoms with Crippen molar-refractivity contribution in [3.05, 3.63) is 65.7 Å². The van der Waals surface area contributed by atoms with Gasteiger partial charge in [0.1, 0.15) is 11.9 Å². The molecule has 1 N–H and O–H groups in total. The van der Waals surface area contributed by atoms with E-state index < -0.39 is 0 Å². The van der Waals surface area contributed by atoms with E-state index in [2.05, 4.69) is 59.9 Å². The summed E-state index contributed by atoms with van der Waals surface area (Å²) in [4.78, 5) is 0. The summed E-state index contributed by atoms with van der Waals surface area (Å²) in [5.74, 6) is 1.04. The summed E-state index contributed by atoms with van der Waals surface area (Å²) >= 11 is 0. The predicted octanol–water partition coefficient (Wildman–Crippen LogP) is 3.83. The minimum Gasteiger partial charge on any atom is -0.490 e. The molecule has 1 aliphatic rings. The molecule has 1 saturated heterocycles. The molecule has 3 rings (SSSR count). The van der Waals surface area contributed by atoms with Crippen molar-refractivity contribution < 1.29 is 4.74 Å². The van der Waals surface area contributed by atoms with Crippen molar-refractivity contribution in [3.8, 4) is 5.75 Å². The van der Waals surface area contributed by atoms with E-state index in [9.17, 15) is 0 Å². The van der Waals surface area contributed by atoms with Crippen LogP contribution in [0.3, 0.4) is 0 Å². The maximum absolute atomic E-state index is 6.22. The van der Waals surface area contributed by atoms with Crippen LogP contribution in [-0.2, 0) is 6.42 Å². The van der Waals surface area contributed by atoms with E-state index in [4.69, 9.17) is 4.74 Å². The molecule has 3 heteroatoms. The standard InChI is InChI=1S/C18H21NO.ClH/c1-2-6-15(7-3-1)14-16-8-4-5-9-18(16)20-17-10-12-19-13-11-17;/h1-9,17,19H,10-14H2;1H. The summed E-state index contributed by atoms with van der Waals surface area (Å²) in [5.41, 5.74) is 2.60. The highest BCUT2D eigenvalue weighted by atomic mass is 35.5. The zero-order valence-electron chi connectivity index (χ0n) is 12.1. The van der Waals surface area contributed by atoms with Crippen molar-refractivity contribution in [2.75, 3.05) is 13.1 Å². The summed E-state index contributed by atoms with van der Waals surface area (Å²) in [5, 5.41) is 3.37. The monoisotopic (exact) mass is 303 g/mol. The third kappa shape index (κ3) is 4.48. The first-order valence-corrected chi connectivity index (χ1v) is 7.41. The van der Waals surface area contributed by atoms with Crippen LogP contribution in [0.15, 0.2) is 54.6 Å². The normalized spacial score (nSPS) is 15.2. The van der Waals surface area contributed by atoms with Gasteiger partial charge in [0.05, 0.1) is 0 Å². The molecule has 112 valence electrons. The van der Waals surface area contributed by atoms with Gasteiger partial charge >= 0.3 is 0 Å². The second kappa shape index (κ2) is 8.06. The molecule has 1 fully saturated rings. The van der Waals surface area contributed by atoms with Gasteiger partial charge in [-0.2, -0.15) is 0 Å². The minimum absolute atomic E-state index is 0. The van der Waals surface area contributed by atoms with Crippen LogP contribution < -0.4 is 10.1 Å². The average molecular weight is 304 g/mol. The molecule has 0 spiro atoms. The lowest BCUT2D eigenvalue weighted by atomic mass is 10.0. The highest BCUT2D eigenvalue weighted by Gasteiger charge is 2.15. The molecule has 0 unspecified atom stereocenters. The molecule has 0 aliphatic carbocycles. The van der Waals surface area contributed by atoms with Crippen molar-refractivity contribution in [2.45, 2.75) is 25.4 Å². The topological polar surface area (TPSA) is 21.3 Å². The highest BCUT2D eigenvalue weighted by Crippen LogP contribution is 2.24. The number of piperidine rings is 1. The summed E-state index contributed by atoms with van der Waals surface area (Å²) < 4.78 is 6.22. The SMILES string of the molecule is Cl.c1ccc(Cc2ccccc2OC2CCNCC2)cc1. The molecule has 0 bridgehead atoms. The van der Waals surface area contributed by atoms with Crippen LogP contribution in [0.2, 0.25) is 0 Å². The van der Waals surface area contributed by atoms with E-state index in [1.807, 2.05) is 0 Å². The molecule has 2 aromatic rings. The summed E-state index contributed by atoms with van der Waals surface area (Å²) in [7, 11) is 0. The Morgan fingerprint density at radius 2 is 1.57 bits per heavy atom. The Hall–Kier alpha value is -1.51. The number of hydrogen-bond acceptors (Lipinski definition) is 2. The Kier molecular flexibility index (Phi) is 6.09. The summed E-state index contributed by atoms with van der Waals surface area (Å²) in [6, 6.07) is 19.0. The molecule has 0 aromatic heterocycles. The smallest absolute Gasteiger partial charge is 0.123 e. The lowest BCUT2D eigenvalue weighted by Crippen LogP contribution is -2.34. The largest absolute Gasteiger partial charge is 0.490 e. The van der Waals surface area contributed by atoms with Crippen molar-refractivity contribution in [1.82, 2.24) is 5.32 Å². The zero-order chi connectivity index (χ0) is 13.6. The molecular formula is C18H22ClNO. The van der Waals surface area contributed by atoms with Crippen LogP contribution in [0.5, 0.6) is 5.75 Å². The predicted molar refractivity (Wildman–Crippen MR) is 89.5 cm³/mol. The number of ether oxygens (including phenoxy) is 1. The maximum Gasteiger partial charge on any atom is 0.123 e.